The van der Waals surface area contributed by atoms with Gasteiger partial charge in [-0.15, -0.1) is 0 Å². The first-order valence-corrected chi connectivity index (χ1v) is 9.70. The lowest BCUT2D eigenvalue weighted by Gasteiger charge is -2.34. The second-order valence-corrected chi connectivity index (χ2v) is 7.26. The number of nitrogens with one attached hydrogen (secondary N) is 1. The second kappa shape index (κ2) is 8.99. The molecule has 1 aliphatic rings. The van der Waals surface area contributed by atoms with Gasteiger partial charge >= 0.3 is 0 Å². The van der Waals surface area contributed by atoms with Crippen LogP contribution in [0, 0.1) is 13.8 Å². The van der Waals surface area contributed by atoms with E-state index < -0.39 is 0 Å². The van der Waals surface area contributed by atoms with Gasteiger partial charge in [0.15, 0.2) is 0 Å². The fraction of sp³-hybridized carbons (Fsp3) is 0.524. The number of hydrogen-bond donors (Lipinski definition) is 1. The van der Waals surface area contributed by atoms with E-state index in [1.807, 2.05) is 17.7 Å². The first-order valence-electron chi connectivity index (χ1n) is 9.70. The molecule has 1 aromatic carbocycles. The van der Waals surface area contributed by atoms with Crippen LogP contribution < -0.4 is 5.32 Å². The third kappa shape index (κ3) is 4.94. The molecule has 1 saturated heterocycles. The summed E-state index contributed by atoms with van der Waals surface area (Å²) in [6.07, 6.45) is 4.17. The molecule has 1 N–H and O–H groups in total. The van der Waals surface area contributed by atoms with Crippen LogP contribution in [0.3, 0.4) is 0 Å². The predicted octanol–water partition coefficient (Wildman–Crippen LogP) is 3.06. The monoisotopic (exact) mass is 354 g/mol. The zero-order valence-corrected chi connectivity index (χ0v) is 15.9. The van der Waals surface area contributed by atoms with Crippen molar-refractivity contribution in [3.05, 3.63) is 53.3 Å². The molecule has 0 saturated carbocycles. The summed E-state index contributed by atoms with van der Waals surface area (Å²) in [5, 5.41) is 7.61. The Kier molecular flexibility index (Phi) is 6.45. The molecule has 3 rings (SSSR count). The van der Waals surface area contributed by atoms with Gasteiger partial charge in [-0.3, -0.25) is 14.4 Å². The number of hydrogen-bond acceptors (Lipinski definition) is 3. The van der Waals surface area contributed by atoms with Gasteiger partial charge in [-0.05, 0) is 51.3 Å². The van der Waals surface area contributed by atoms with Gasteiger partial charge in [0.2, 0.25) is 5.91 Å². The summed E-state index contributed by atoms with van der Waals surface area (Å²) in [7, 11) is 0. The van der Waals surface area contributed by atoms with E-state index in [0.29, 0.717) is 6.54 Å². The third-order valence-electron chi connectivity index (χ3n) is 5.09. The van der Waals surface area contributed by atoms with Crippen LogP contribution >= 0.6 is 0 Å². The molecule has 2 aromatic rings. The van der Waals surface area contributed by atoms with Gasteiger partial charge in [-0.1, -0.05) is 36.8 Å². The third-order valence-corrected chi connectivity index (χ3v) is 5.09. The van der Waals surface area contributed by atoms with Crippen molar-refractivity contribution in [2.75, 3.05) is 13.1 Å². The van der Waals surface area contributed by atoms with E-state index in [1.165, 1.54) is 17.7 Å². The number of amides is 1. The predicted molar refractivity (Wildman–Crippen MR) is 104 cm³/mol. The standard InChI is InChI=1S/C21H30N4O/c1-17-15-18(2)25(23-17)14-8-12-22-21(26)20-11-6-7-13-24(20)16-19-9-4-3-5-10-19/h3-5,9-10,15,20H,6-8,11-14,16H2,1-2H3,(H,22,26)/t20-/m0/s1. The molecule has 1 amide bonds. The molecular formula is C21H30N4O. The Bertz CT molecular complexity index is 710. The maximum absolute atomic E-state index is 12.7. The van der Waals surface area contributed by atoms with Gasteiger partial charge in [-0.25, -0.2) is 0 Å². The number of benzene rings is 1. The van der Waals surface area contributed by atoms with Crippen LogP contribution in [0.1, 0.15) is 42.6 Å². The van der Waals surface area contributed by atoms with Crippen molar-refractivity contribution < 1.29 is 4.79 Å². The highest BCUT2D eigenvalue weighted by atomic mass is 16.2. The highest BCUT2D eigenvalue weighted by molar-refractivity contribution is 5.81. The lowest BCUT2D eigenvalue weighted by molar-refractivity contribution is -0.127. The smallest absolute Gasteiger partial charge is 0.237 e. The number of aromatic nitrogens is 2. The summed E-state index contributed by atoms with van der Waals surface area (Å²) in [4.78, 5) is 15.0. The SMILES string of the molecule is Cc1cc(C)n(CCCNC(=O)[C@@H]2CCCCN2Cc2ccccc2)n1. The van der Waals surface area contributed by atoms with Crippen molar-refractivity contribution in [3.8, 4) is 0 Å². The van der Waals surface area contributed by atoms with Gasteiger partial charge in [0.05, 0.1) is 11.7 Å². The fourth-order valence-electron chi connectivity index (χ4n) is 3.75. The number of carbonyl (C=O) groups is 1. The lowest BCUT2D eigenvalue weighted by atomic mass is 10.0. The highest BCUT2D eigenvalue weighted by Gasteiger charge is 2.28. The summed E-state index contributed by atoms with van der Waals surface area (Å²) < 4.78 is 2.02. The van der Waals surface area contributed by atoms with Crippen molar-refractivity contribution >= 4 is 5.91 Å². The summed E-state index contributed by atoms with van der Waals surface area (Å²) in [6, 6.07) is 12.5. The van der Waals surface area contributed by atoms with E-state index in [1.54, 1.807) is 0 Å². The molecule has 5 nitrogen and oxygen atoms in total. The topological polar surface area (TPSA) is 50.2 Å². The van der Waals surface area contributed by atoms with Crippen LogP contribution in [-0.4, -0.2) is 39.7 Å². The normalized spacial score (nSPS) is 18.0. The summed E-state index contributed by atoms with van der Waals surface area (Å²) >= 11 is 0. The Hall–Kier alpha value is -2.14. The molecule has 1 aromatic heterocycles. The number of rotatable bonds is 7. The van der Waals surface area contributed by atoms with Gasteiger partial charge in [0.25, 0.3) is 0 Å². The molecule has 5 heteroatoms. The van der Waals surface area contributed by atoms with Crippen LogP contribution in [0.2, 0.25) is 0 Å². The van der Waals surface area contributed by atoms with Crippen molar-refractivity contribution in [2.24, 2.45) is 0 Å². The van der Waals surface area contributed by atoms with Gasteiger partial charge in [0, 0.05) is 25.3 Å². The first-order chi connectivity index (χ1) is 12.6. The van der Waals surface area contributed by atoms with Crippen molar-refractivity contribution in [3.63, 3.8) is 0 Å². The Balaban J connectivity index is 1.48. The van der Waals surface area contributed by atoms with E-state index in [4.69, 9.17) is 0 Å². The molecule has 1 fully saturated rings. The Morgan fingerprint density at radius 3 is 2.77 bits per heavy atom. The van der Waals surface area contributed by atoms with E-state index in [9.17, 15) is 4.79 Å². The maximum atomic E-state index is 12.7. The maximum Gasteiger partial charge on any atom is 0.237 e. The van der Waals surface area contributed by atoms with E-state index in [0.717, 1.165) is 44.6 Å². The summed E-state index contributed by atoms with van der Waals surface area (Å²) in [6.45, 7) is 7.48. The minimum absolute atomic E-state index is 0.00219. The molecule has 0 radical (unpaired) electrons. The molecule has 140 valence electrons. The largest absolute Gasteiger partial charge is 0.355 e. The summed E-state index contributed by atoms with van der Waals surface area (Å²) in [5.41, 5.74) is 3.50. The molecule has 0 unspecified atom stereocenters. The van der Waals surface area contributed by atoms with Gasteiger partial charge < -0.3 is 5.32 Å². The Labute approximate surface area is 156 Å². The lowest BCUT2D eigenvalue weighted by Crippen LogP contribution is -2.49. The van der Waals surface area contributed by atoms with Gasteiger partial charge in [-0.2, -0.15) is 5.10 Å². The quantitative estimate of drug-likeness (QED) is 0.778. The average molecular weight is 354 g/mol. The van der Waals surface area contributed by atoms with Crippen LogP contribution in [0.25, 0.3) is 0 Å². The molecule has 1 atom stereocenters. The number of likely N-dealkylation sites (tertiary alicyclic amines) is 1. The van der Waals surface area contributed by atoms with Crippen LogP contribution in [0.15, 0.2) is 36.4 Å². The van der Waals surface area contributed by atoms with E-state index >= 15 is 0 Å². The van der Waals surface area contributed by atoms with Crippen molar-refractivity contribution in [1.82, 2.24) is 20.0 Å². The zero-order chi connectivity index (χ0) is 18.4. The molecular weight excluding hydrogens is 324 g/mol. The van der Waals surface area contributed by atoms with Crippen LogP contribution in [0.5, 0.6) is 0 Å². The average Bonchev–Trinajstić information content (AvgIpc) is 2.97. The van der Waals surface area contributed by atoms with E-state index in [2.05, 4.69) is 52.6 Å². The Morgan fingerprint density at radius 2 is 2.04 bits per heavy atom. The first kappa shape index (κ1) is 18.6. The molecule has 0 bridgehead atoms. The molecule has 26 heavy (non-hydrogen) atoms. The fourth-order valence-corrected chi connectivity index (χ4v) is 3.75. The van der Waals surface area contributed by atoms with E-state index in [-0.39, 0.29) is 11.9 Å². The van der Waals surface area contributed by atoms with Crippen molar-refractivity contribution in [1.29, 1.82) is 0 Å². The van der Waals surface area contributed by atoms with Gasteiger partial charge in [0.1, 0.15) is 0 Å². The van der Waals surface area contributed by atoms with Crippen LogP contribution in [-0.2, 0) is 17.9 Å². The second-order valence-electron chi connectivity index (χ2n) is 7.26. The Morgan fingerprint density at radius 1 is 1.23 bits per heavy atom. The minimum atomic E-state index is -0.00219. The number of piperidine rings is 1. The molecule has 2 heterocycles. The molecule has 0 spiro atoms. The number of aryl methyl sites for hydroxylation is 3. The minimum Gasteiger partial charge on any atom is -0.355 e. The molecule has 0 aliphatic carbocycles. The van der Waals surface area contributed by atoms with Crippen molar-refractivity contribution in [2.45, 2.75) is 58.7 Å². The number of carbonyl (C=O) groups excluding carboxylic acids is 1. The summed E-state index contributed by atoms with van der Waals surface area (Å²) in [5.74, 6) is 0.175. The molecule has 1 aliphatic heterocycles. The number of nitrogens with zero attached hydrogens (tertiary/aromatic N) is 3. The van der Waals surface area contributed by atoms with Crippen LogP contribution in [0.4, 0.5) is 0 Å². The highest BCUT2D eigenvalue weighted by Crippen LogP contribution is 2.19. The zero-order valence-electron chi connectivity index (χ0n) is 15.9.